The summed E-state index contributed by atoms with van der Waals surface area (Å²) in [5.74, 6) is -0.678. The van der Waals surface area contributed by atoms with Crippen molar-refractivity contribution in [1.29, 1.82) is 0 Å². The van der Waals surface area contributed by atoms with Crippen LogP contribution in [-0.2, 0) is 19.1 Å². The Morgan fingerprint density at radius 1 is 0.720 bits per heavy atom. The van der Waals surface area contributed by atoms with Gasteiger partial charge in [-0.1, -0.05) is 39.8 Å². The number of ether oxygens (including phenoxy) is 2. The second kappa shape index (κ2) is 7.13. The molecule has 0 N–H and O–H groups in total. The fraction of sp³-hybridized carbons (Fsp3) is 0.810. The van der Waals surface area contributed by atoms with Crippen molar-refractivity contribution >= 4 is 11.9 Å². The molecular formula is C21H34O4. The largest absolute Gasteiger partial charge is 0.463 e. The van der Waals surface area contributed by atoms with Gasteiger partial charge >= 0.3 is 11.9 Å². The number of rotatable bonds is 6. The molecule has 4 unspecified atom stereocenters. The average molecular weight is 350 g/mol. The summed E-state index contributed by atoms with van der Waals surface area (Å²) in [6.07, 6.45) is 3.92. The van der Waals surface area contributed by atoms with Crippen LogP contribution in [0.2, 0.25) is 0 Å². The lowest BCUT2D eigenvalue weighted by molar-refractivity contribution is -0.165. The van der Waals surface area contributed by atoms with Crippen molar-refractivity contribution in [3.8, 4) is 0 Å². The van der Waals surface area contributed by atoms with E-state index >= 15 is 0 Å². The highest BCUT2D eigenvalue weighted by Crippen LogP contribution is 2.66. The van der Waals surface area contributed by atoms with E-state index in [1.807, 2.05) is 27.7 Å². The second-order valence-corrected chi connectivity index (χ2v) is 8.77. The minimum Gasteiger partial charge on any atom is -0.463 e. The van der Waals surface area contributed by atoms with Gasteiger partial charge < -0.3 is 9.47 Å². The highest BCUT2D eigenvalue weighted by atomic mass is 16.6. The van der Waals surface area contributed by atoms with E-state index in [1.54, 1.807) is 0 Å². The zero-order valence-electron chi connectivity index (χ0n) is 16.9. The van der Waals surface area contributed by atoms with Gasteiger partial charge in [0, 0.05) is 0 Å². The molecule has 0 spiro atoms. The summed E-state index contributed by atoms with van der Waals surface area (Å²) in [6.45, 7) is 16.2. The minimum absolute atomic E-state index is 0.0217. The molecule has 1 fully saturated rings. The first kappa shape index (κ1) is 20.0. The second-order valence-electron chi connectivity index (χ2n) is 8.77. The first-order valence-electron chi connectivity index (χ1n) is 9.64. The third kappa shape index (κ3) is 3.13. The van der Waals surface area contributed by atoms with Crippen molar-refractivity contribution in [3.05, 3.63) is 12.2 Å². The number of hydrogen-bond donors (Lipinski definition) is 0. The van der Waals surface area contributed by atoms with Crippen LogP contribution in [0.5, 0.6) is 0 Å². The molecule has 0 saturated heterocycles. The van der Waals surface area contributed by atoms with Gasteiger partial charge in [0.05, 0.1) is 24.0 Å². The van der Waals surface area contributed by atoms with E-state index in [1.165, 1.54) is 0 Å². The molecule has 0 heterocycles. The smallest absolute Gasteiger partial charge is 0.310 e. The molecule has 25 heavy (non-hydrogen) atoms. The highest BCUT2D eigenvalue weighted by molar-refractivity contribution is 5.85. The van der Waals surface area contributed by atoms with Crippen molar-refractivity contribution in [2.24, 2.45) is 40.9 Å². The molecule has 2 bridgehead atoms. The molecule has 0 aromatic heterocycles. The van der Waals surface area contributed by atoms with E-state index in [-0.39, 0.29) is 41.4 Å². The van der Waals surface area contributed by atoms with E-state index in [2.05, 4.69) is 39.8 Å². The van der Waals surface area contributed by atoms with Crippen LogP contribution in [0.3, 0.4) is 0 Å². The van der Waals surface area contributed by atoms with Crippen LogP contribution in [-0.4, -0.2) is 24.1 Å². The Bertz CT molecular complexity index is 496. The van der Waals surface area contributed by atoms with Crippen molar-refractivity contribution in [2.45, 2.75) is 67.6 Å². The fourth-order valence-electron chi connectivity index (χ4n) is 5.52. The van der Waals surface area contributed by atoms with E-state index in [0.717, 1.165) is 0 Å². The van der Waals surface area contributed by atoms with Gasteiger partial charge in [0.1, 0.15) is 0 Å². The predicted molar refractivity (Wildman–Crippen MR) is 97.7 cm³/mol. The maximum atomic E-state index is 12.9. The monoisotopic (exact) mass is 350 g/mol. The number of hydrogen-bond acceptors (Lipinski definition) is 4. The molecule has 0 radical (unpaired) electrons. The first-order chi connectivity index (χ1) is 11.5. The van der Waals surface area contributed by atoms with Gasteiger partial charge in [-0.3, -0.25) is 9.59 Å². The van der Waals surface area contributed by atoms with Gasteiger partial charge in [0.25, 0.3) is 0 Å². The SMILES string of the molecule is CC(C)OC(=O)C1C(C(=O)OC(C)C)C2C=CC1C2(C(C)C)C(C)C. The topological polar surface area (TPSA) is 52.6 Å². The fourth-order valence-corrected chi connectivity index (χ4v) is 5.52. The molecule has 0 aliphatic heterocycles. The van der Waals surface area contributed by atoms with Gasteiger partial charge in [0.15, 0.2) is 0 Å². The van der Waals surface area contributed by atoms with Gasteiger partial charge in [-0.15, -0.1) is 0 Å². The normalized spacial score (nSPS) is 29.9. The maximum absolute atomic E-state index is 12.9. The quantitative estimate of drug-likeness (QED) is 0.531. The molecule has 4 nitrogen and oxygen atoms in total. The van der Waals surface area contributed by atoms with Crippen molar-refractivity contribution in [1.82, 2.24) is 0 Å². The van der Waals surface area contributed by atoms with E-state index in [0.29, 0.717) is 11.8 Å². The Balaban J connectivity index is 2.49. The van der Waals surface area contributed by atoms with E-state index in [4.69, 9.17) is 9.47 Å². The molecule has 0 amide bonds. The Morgan fingerprint density at radius 3 is 1.28 bits per heavy atom. The number of carbonyl (C=O) groups excluding carboxylic acids is 2. The molecule has 2 rings (SSSR count). The Morgan fingerprint density at radius 2 is 1.04 bits per heavy atom. The van der Waals surface area contributed by atoms with Gasteiger partial charge in [-0.2, -0.15) is 0 Å². The van der Waals surface area contributed by atoms with Crippen LogP contribution < -0.4 is 0 Å². The molecule has 4 atom stereocenters. The molecule has 4 heteroatoms. The molecule has 0 aromatic carbocycles. The Labute approximate surface area is 152 Å². The number of allylic oxidation sites excluding steroid dienone is 2. The zero-order valence-corrected chi connectivity index (χ0v) is 16.9. The molecule has 0 aromatic rings. The van der Waals surface area contributed by atoms with Crippen LogP contribution in [0.4, 0.5) is 0 Å². The summed E-state index contributed by atoms with van der Waals surface area (Å²) in [6, 6.07) is 0. The van der Waals surface area contributed by atoms with Gasteiger partial charge in [0.2, 0.25) is 0 Å². The lowest BCUT2D eigenvalue weighted by Gasteiger charge is -2.43. The molecule has 142 valence electrons. The number of esters is 2. The summed E-state index contributed by atoms with van der Waals surface area (Å²) >= 11 is 0. The minimum atomic E-state index is -0.451. The molecule has 2 aliphatic rings. The Kier molecular flexibility index (Phi) is 5.70. The van der Waals surface area contributed by atoms with Crippen molar-refractivity contribution in [3.63, 3.8) is 0 Å². The lowest BCUT2D eigenvalue weighted by Crippen LogP contribution is -2.40. The van der Waals surface area contributed by atoms with Gasteiger partial charge in [-0.25, -0.2) is 0 Å². The zero-order chi connectivity index (χ0) is 19.1. The third-order valence-electron chi connectivity index (χ3n) is 6.09. The number of carbonyl (C=O) groups is 2. The Hall–Kier alpha value is -1.32. The third-order valence-corrected chi connectivity index (χ3v) is 6.09. The summed E-state index contributed by atoms with van der Waals surface area (Å²) in [4.78, 5) is 25.8. The summed E-state index contributed by atoms with van der Waals surface area (Å²) < 4.78 is 11.1. The number of fused-ring (bicyclic) bond motifs is 2. The average Bonchev–Trinajstić information content (AvgIpc) is 2.97. The highest BCUT2D eigenvalue weighted by Gasteiger charge is 2.67. The van der Waals surface area contributed by atoms with Gasteiger partial charge in [-0.05, 0) is 56.8 Å². The summed E-state index contributed by atoms with van der Waals surface area (Å²) in [5.41, 5.74) is -0.110. The molecule has 2 aliphatic carbocycles. The van der Waals surface area contributed by atoms with Crippen LogP contribution in [0.1, 0.15) is 55.4 Å². The molecule has 1 saturated carbocycles. The van der Waals surface area contributed by atoms with Crippen LogP contribution >= 0.6 is 0 Å². The molecular weight excluding hydrogens is 316 g/mol. The van der Waals surface area contributed by atoms with Crippen LogP contribution in [0.25, 0.3) is 0 Å². The van der Waals surface area contributed by atoms with E-state index < -0.39 is 11.8 Å². The first-order valence-corrected chi connectivity index (χ1v) is 9.64. The van der Waals surface area contributed by atoms with E-state index in [9.17, 15) is 9.59 Å². The van der Waals surface area contributed by atoms with Crippen molar-refractivity contribution in [2.75, 3.05) is 0 Å². The van der Waals surface area contributed by atoms with Crippen LogP contribution in [0, 0.1) is 40.9 Å². The summed E-state index contributed by atoms with van der Waals surface area (Å²) in [5, 5.41) is 0. The van der Waals surface area contributed by atoms with Crippen molar-refractivity contribution < 1.29 is 19.1 Å². The lowest BCUT2D eigenvalue weighted by atomic mass is 9.60. The van der Waals surface area contributed by atoms with Crippen LogP contribution in [0.15, 0.2) is 12.2 Å². The maximum Gasteiger partial charge on any atom is 0.310 e. The predicted octanol–water partition coefficient (Wildman–Crippen LogP) is 4.24. The standard InChI is InChI=1S/C21H34O4/c1-11(2)21(12(3)4)15-9-10-16(21)18(20(23)25-14(7)8)17(15)19(22)24-13(5)6/h9-18H,1-8H3. The summed E-state index contributed by atoms with van der Waals surface area (Å²) in [7, 11) is 0.